The minimum absolute atomic E-state index is 0.191. The van der Waals surface area contributed by atoms with Crippen molar-refractivity contribution >= 4 is 47.0 Å². The summed E-state index contributed by atoms with van der Waals surface area (Å²) in [5.41, 5.74) is 4.63. The van der Waals surface area contributed by atoms with Crippen molar-refractivity contribution in [1.29, 1.82) is 0 Å². The number of amides is 1. The van der Waals surface area contributed by atoms with Gasteiger partial charge in [-0.2, -0.15) is 5.10 Å². The average molecular weight is 431 g/mol. The maximum absolute atomic E-state index is 11.9. The van der Waals surface area contributed by atoms with Crippen molar-refractivity contribution in [1.82, 2.24) is 15.6 Å². The number of rotatable bonds is 9. The van der Waals surface area contributed by atoms with Gasteiger partial charge in [-0.15, -0.1) is 10.2 Å². The summed E-state index contributed by atoms with van der Waals surface area (Å²) >= 11 is 4.48. The lowest BCUT2D eigenvalue weighted by Gasteiger charge is -1.99. The fraction of sp³-hybridized carbons (Fsp3) is 0.158. The van der Waals surface area contributed by atoms with Crippen molar-refractivity contribution in [3.05, 3.63) is 65.7 Å². The Morgan fingerprint density at radius 2 is 1.82 bits per heavy atom. The summed E-state index contributed by atoms with van der Waals surface area (Å²) in [4.78, 5) is 11.9. The van der Waals surface area contributed by atoms with Gasteiger partial charge in [0.05, 0.1) is 19.1 Å². The normalized spacial score (nSPS) is 10.9. The lowest BCUT2D eigenvalue weighted by molar-refractivity contribution is -0.118. The van der Waals surface area contributed by atoms with Crippen LogP contribution in [0.2, 0.25) is 0 Å². The van der Waals surface area contributed by atoms with Gasteiger partial charge in [-0.25, -0.2) is 5.43 Å². The van der Waals surface area contributed by atoms with Gasteiger partial charge < -0.3 is 4.74 Å². The quantitative estimate of drug-likeness (QED) is 0.313. The summed E-state index contributed by atoms with van der Waals surface area (Å²) in [5.74, 6) is 1.66. The molecule has 0 aliphatic rings. The molecule has 0 bridgehead atoms. The molecule has 0 fully saturated rings. The third-order valence-corrected chi connectivity index (χ3v) is 6.70. The fourth-order valence-corrected chi connectivity index (χ4v) is 4.83. The minimum Gasteiger partial charge on any atom is -0.497 e. The number of ether oxygens (including phenoxy) is 1. The van der Waals surface area contributed by atoms with E-state index in [4.69, 9.17) is 4.74 Å². The predicted octanol–water partition coefficient (Wildman–Crippen LogP) is 4.08. The van der Waals surface area contributed by atoms with Crippen LogP contribution in [0.25, 0.3) is 0 Å². The molecule has 28 heavy (non-hydrogen) atoms. The third kappa shape index (κ3) is 6.66. The summed E-state index contributed by atoms with van der Waals surface area (Å²) in [6, 6.07) is 17.6. The number of hydrazone groups is 1. The number of hydrogen-bond donors (Lipinski definition) is 1. The van der Waals surface area contributed by atoms with Crippen LogP contribution in [0.4, 0.5) is 0 Å². The van der Waals surface area contributed by atoms with E-state index < -0.39 is 0 Å². The molecular weight excluding hydrogens is 412 g/mol. The van der Waals surface area contributed by atoms with E-state index in [9.17, 15) is 4.79 Å². The summed E-state index contributed by atoms with van der Waals surface area (Å²) in [7, 11) is 1.61. The molecule has 1 heterocycles. The van der Waals surface area contributed by atoms with Crippen LogP contribution in [0, 0.1) is 0 Å². The van der Waals surface area contributed by atoms with E-state index in [2.05, 4.69) is 32.9 Å². The van der Waals surface area contributed by atoms with Gasteiger partial charge in [-0.05, 0) is 35.4 Å². The standard InChI is InChI=1S/C19H18N4O2S3/c1-25-16-9-7-14(8-10-16)11-20-21-17(24)13-27-19-23-22-18(28-19)26-12-15-5-3-2-4-6-15/h2-11H,12-13H2,1H3,(H,21,24). The largest absolute Gasteiger partial charge is 0.497 e. The maximum atomic E-state index is 11.9. The second-order valence-electron chi connectivity index (χ2n) is 5.46. The van der Waals surface area contributed by atoms with Crippen LogP contribution in [-0.2, 0) is 10.5 Å². The Balaban J connectivity index is 1.39. The Kier molecular flexibility index (Phi) is 7.89. The second-order valence-corrected chi connectivity index (χ2v) is 8.89. The van der Waals surface area contributed by atoms with E-state index in [0.29, 0.717) is 0 Å². The third-order valence-electron chi connectivity index (χ3n) is 3.44. The van der Waals surface area contributed by atoms with E-state index in [1.807, 2.05) is 42.5 Å². The Labute approximate surface area is 175 Å². The molecule has 0 saturated carbocycles. The molecule has 0 aliphatic carbocycles. The van der Waals surface area contributed by atoms with Gasteiger partial charge in [0.1, 0.15) is 5.75 Å². The molecule has 144 valence electrons. The van der Waals surface area contributed by atoms with Gasteiger partial charge in [0, 0.05) is 5.75 Å². The Bertz CT molecular complexity index is 914. The van der Waals surface area contributed by atoms with Crippen molar-refractivity contribution in [3.63, 3.8) is 0 Å². The van der Waals surface area contributed by atoms with Crippen molar-refractivity contribution in [2.24, 2.45) is 5.10 Å². The van der Waals surface area contributed by atoms with Gasteiger partial charge in [-0.1, -0.05) is 65.2 Å². The Morgan fingerprint density at radius 1 is 1.11 bits per heavy atom. The van der Waals surface area contributed by atoms with Crippen molar-refractivity contribution in [2.75, 3.05) is 12.9 Å². The molecule has 0 atom stereocenters. The van der Waals surface area contributed by atoms with Gasteiger partial charge in [0.25, 0.3) is 5.91 Å². The van der Waals surface area contributed by atoms with E-state index >= 15 is 0 Å². The topological polar surface area (TPSA) is 76.5 Å². The lowest BCUT2D eigenvalue weighted by atomic mass is 10.2. The Hall–Kier alpha value is -2.36. The first-order valence-corrected chi connectivity index (χ1v) is 11.1. The second kappa shape index (κ2) is 10.8. The van der Waals surface area contributed by atoms with Crippen molar-refractivity contribution in [3.8, 4) is 5.75 Å². The van der Waals surface area contributed by atoms with Crippen LogP contribution in [0.5, 0.6) is 5.75 Å². The van der Waals surface area contributed by atoms with Crippen molar-refractivity contribution < 1.29 is 9.53 Å². The zero-order valence-corrected chi connectivity index (χ0v) is 17.5. The molecule has 0 spiro atoms. The molecule has 2 aromatic carbocycles. The molecule has 0 aliphatic heterocycles. The number of hydrogen-bond acceptors (Lipinski definition) is 8. The van der Waals surface area contributed by atoms with Crippen molar-refractivity contribution in [2.45, 2.75) is 14.4 Å². The SMILES string of the molecule is COc1ccc(C=NNC(=O)CSc2nnc(SCc3ccccc3)s2)cc1. The first-order chi connectivity index (χ1) is 13.7. The molecule has 1 N–H and O–H groups in total. The van der Waals surface area contributed by atoms with Gasteiger partial charge >= 0.3 is 0 Å². The van der Waals surface area contributed by atoms with Crippen LogP contribution in [-0.4, -0.2) is 35.2 Å². The number of aromatic nitrogens is 2. The summed E-state index contributed by atoms with van der Waals surface area (Å²) < 4.78 is 6.76. The zero-order valence-electron chi connectivity index (χ0n) is 15.1. The molecule has 0 radical (unpaired) electrons. The molecule has 0 unspecified atom stereocenters. The molecule has 9 heteroatoms. The van der Waals surface area contributed by atoms with Gasteiger partial charge in [0.15, 0.2) is 8.68 Å². The number of benzene rings is 2. The molecule has 3 rings (SSSR count). The van der Waals surface area contributed by atoms with Crippen LogP contribution in [0.3, 0.4) is 0 Å². The average Bonchev–Trinajstić information content (AvgIpc) is 3.20. The van der Waals surface area contributed by atoms with Crippen LogP contribution >= 0.6 is 34.9 Å². The minimum atomic E-state index is -0.191. The highest BCUT2D eigenvalue weighted by Gasteiger charge is 2.08. The number of methoxy groups -OCH3 is 1. The van der Waals surface area contributed by atoms with Crippen LogP contribution in [0.1, 0.15) is 11.1 Å². The molecule has 6 nitrogen and oxygen atoms in total. The molecule has 0 saturated heterocycles. The smallest absolute Gasteiger partial charge is 0.250 e. The highest BCUT2D eigenvalue weighted by atomic mass is 32.2. The van der Waals surface area contributed by atoms with E-state index in [-0.39, 0.29) is 11.7 Å². The molecule has 1 amide bonds. The zero-order chi connectivity index (χ0) is 19.6. The van der Waals surface area contributed by atoms with E-state index in [0.717, 1.165) is 25.7 Å². The highest BCUT2D eigenvalue weighted by molar-refractivity contribution is 8.03. The monoisotopic (exact) mass is 430 g/mol. The Morgan fingerprint density at radius 3 is 2.54 bits per heavy atom. The molecule has 3 aromatic rings. The van der Waals surface area contributed by atoms with Gasteiger partial charge in [0.2, 0.25) is 0 Å². The lowest BCUT2D eigenvalue weighted by Crippen LogP contribution is -2.19. The maximum Gasteiger partial charge on any atom is 0.250 e. The van der Waals surface area contributed by atoms with Gasteiger partial charge in [-0.3, -0.25) is 4.79 Å². The van der Waals surface area contributed by atoms with E-state index in [1.54, 1.807) is 25.1 Å². The molecule has 1 aromatic heterocycles. The van der Waals surface area contributed by atoms with Crippen LogP contribution < -0.4 is 10.2 Å². The number of nitrogens with one attached hydrogen (secondary N) is 1. The molecular formula is C19H18N4O2S3. The summed E-state index contributed by atoms with van der Waals surface area (Å²) in [5, 5.41) is 12.3. The number of thioether (sulfide) groups is 2. The fourth-order valence-electron chi connectivity index (χ4n) is 2.06. The number of nitrogens with zero attached hydrogens (tertiary/aromatic N) is 3. The van der Waals surface area contributed by atoms with E-state index in [1.165, 1.54) is 28.7 Å². The number of carbonyl (C=O) groups is 1. The predicted molar refractivity (Wildman–Crippen MR) is 115 cm³/mol. The first kappa shape index (κ1) is 20.4. The summed E-state index contributed by atoms with van der Waals surface area (Å²) in [6.45, 7) is 0. The highest BCUT2D eigenvalue weighted by Crippen LogP contribution is 2.30. The summed E-state index contributed by atoms with van der Waals surface area (Å²) in [6.07, 6.45) is 1.59. The first-order valence-electron chi connectivity index (χ1n) is 8.32. The van der Waals surface area contributed by atoms with Crippen LogP contribution in [0.15, 0.2) is 68.4 Å². The number of carbonyl (C=O) groups excluding carboxylic acids is 1.